The first-order valence-corrected chi connectivity index (χ1v) is 10.8. The van der Waals surface area contributed by atoms with Crippen molar-refractivity contribution in [2.45, 2.75) is 38.7 Å². The average molecular weight is 466 g/mol. The monoisotopic (exact) mass is 466 g/mol. The van der Waals surface area contributed by atoms with Gasteiger partial charge in [-0.15, -0.1) is 0 Å². The molecule has 0 amide bonds. The second-order valence-corrected chi connectivity index (χ2v) is 8.18. The summed E-state index contributed by atoms with van der Waals surface area (Å²) >= 11 is 0. The molecule has 1 aromatic heterocycles. The first kappa shape index (κ1) is 23.2. The highest BCUT2D eigenvalue weighted by molar-refractivity contribution is 5.90. The smallest absolute Gasteiger partial charge is 0.351 e. The van der Waals surface area contributed by atoms with Crippen LogP contribution in [0.15, 0.2) is 65.6 Å². The molecule has 0 bridgehead atoms. The molecule has 3 atom stereocenters. The normalized spacial score (nSPS) is 19.5. The zero-order valence-electron chi connectivity index (χ0n) is 18.8. The number of nitrogen functional groups attached to an aromatic ring is 1. The predicted molar refractivity (Wildman–Crippen MR) is 123 cm³/mol. The molecule has 0 saturated carbocycles. The Morgan fingerprint density at radius 2 is 1.59 bits per heavy atom. The SMILES string of the molecule is Cc1ccc(C(=O)OC[C@H]2O[C@@H]([15n]3ccc(N)[15n][13c]3=O)C[C@@H]2OC(=O)c2ccc(C)cc2)cc1. The van der Waals surface area contributed by atoms with Gasteiger partial charge in [0.2, 0.25) is 0 Å². The molecule has 2 aromatic carbocycles. The van der Waals surface area contributed by atoms with Crippen LogP contribution in [-0.4, -0.2) is 40.3 Å². The van der Waals surface area contributed by atoms with Gasteiger partial charge in [-0.1, -0.05) is 35.4 Å². The summed E-state index contributed by atoms with van der Waals surface area (Å²) in [6.07, 6.45) is -0.656. The number of carbonyl (C=O) groups is 2. The minimum atomic E-state index is -0.779. The molecular weight excluding hydrogens is 441 g/mol. The Labute approximate surface area is 196 Å². The molecule has 2 heterocycles. The molecule has 1 aliphatic heterocycles. The number of carbonyl (C=O) groups excluding carboxylic acids is 2. The van der Waals surface area contributed by atoms with Crippen LogP contribution in [-0.2, 0) is 14.2 Å². The molecule has 0 radical (unpaired) electrons. The summed E-state index contributed by atoms with van der Waals surface area (Å²) in [5.74, 6) is -0.973. The number of hydrogen-bond donors (Lipinski definition) is 1. The lowest BCUT2D eigenvalue weighted by Gasteiger charge is -2.19. The standard InChI is InChI=1S/C25H25N3O6/c1-15-3-7-17(8-4-15)23(29)32-14-20-19(34-24(30)18-9-5-16(2)6-10-18)13-22(33-20)28-12-11-21(26)27-25(28)31/h3-12,19-20,22H,13-14H2,1-2H3,(H2,26,27,31)/t19-,20+,22+/m0/s1/i25+1,27+1,28+1. The number of hydrogen-bond acceptors (Lipinski definition) is 8. The Balaban J connectivity index is 1.50. The Kier molecular flexibility index (Phi) is 6.74. The van der Waals surface area contributed by atoms with Crippen LogP contribution in [0.5, 0.6) is 0 Å². The third kappa shape index (κ3) is 5.32. The van der Waals surface area contributed by atoms with Crippen molar-refractivity contribution < 1.29 is 23.8 Å². The fraction of sp³-hybridized carbons (Fsp3) is 0.280. The van der Waals surface area contributed by atoms with Crippen LogP contribution < -0.4 is 11.4 Å². The first-order chi connectivity index (χ1) is 16.3. The van der Waals surface area contributed by atoms with Crippen LogP contribution in [0.2, 0.25) is 0 Å². The van der Waals surface area contributed by atoms with Gasteiger partial charge in [-0.3, -0.25) is 4.57 Å². The van der Waals surface area contributed by atoms with E-state index in [9.17, 15) is 14.4 Å². The summed E-state index contributed by atoms with van der Waals surface area (Å²) in [5, 5.41) is 0. The highest BCUT2D eigenvalue weighted by Crippen LogP contribution is 2.31. The van der Waals surface area contributed by atoms with Gasteiger partial charge < -0.3 is 19.9 Å². The average Bonchev–Trinajstić information content (AvgIpc) is 3.20. The number of aryl methyl sites for hydroxylation is 2. The van der Waals surface area contributed by atoms with Gasteiger partial charge in [-0.2, -0.15) is 4.98 Å². The van der Waals surface area contributed by atoms with Crippen LogP contribution in [0.4, 0.5) is 5.82 Å². The number of aromatic nitrogens is 2. The third-order valence-electron chi connectivity index (χ3n) is 5.55. The van der Waals surface area contributed by atoms with Crippen molar-refractivity contribution in [2.24, 2.45) is 0 Å². The molecule has 0 aliphatic carbocycles. The van der Waals surface area contributed by atoms with E-state index in [0.717, 1.165) is 11.1 Å². The van der Waals surface area contributed by atoms with E-state index in [-0.39, 0.29) is 18.8 Å². The number of esters is 2. The van der Waals surface area contributed by atoms with Crippen LogP contribution >= 0.6 is 0 Å². The fourth-order valence-corrected chi connectivity index (χ4v) is 3.62. The summed E-state index contributed by atoms with van der Waals surface area (Å²) in [6.45, 7) is 3.68. The van der Waals surface area contributed by atoms with E-state index in [0.29, 0.717) is 11.1 Å². The van der Waals surface area contributed by atoms with Gasteiger partial charge >= 0.3 is 17.6 Å². The molecule has 0 spiro atoms. The minimum Gasteiger partial charge on any atom is -0.459 e. The zero-order chi connectivity index (χ0) is 24.2. The number of rotatable bonds is 6. The Morgan fingerprint density at radius 3 is 2.18 bits per heavy atom. The second-order valence-electron chi connectivity index (χ2n) is 8.18. The summed E-state index contributed by atoms with van der Waals surface area (Å²) in [7, 11) is 0. The maximum Gasteiger partial charge on any atom is 0.351 e. The van der Waals surface area contributed by atoms with Crippen molar-refractivity contribution in [3.63, 3.8) is 0 Å². The number of benzene rings is 2. The van der Waals surface area contributed by atoms with Gasteiger partial charge in [0.05, 0.1) is 11.1 Å². The van der Waals surface area contributed by atoms with Gasteiger partial charge in [0.1, 0.15) is 30.9 Å². The predicted octanol–water partition coefficient (Wildman–Crippen LogP) is 2.81. The molecule has 3 aromatic rings. The molecule has 1 saturated heterocycles. The molecule has 0 unspecified atom stereocenters. The fourth-order valence-electron chi connectivity index (χ4n) is 3.62. The number of anilines is 1. The van der Waals surface area contributed by atoms with Crippen molar-refractivity contribution in [3.05, 3.63) is 93.5 Å². The number of nitrogens with zero attached hydrogens (tertiary/aromatic N) is 2. The van der Waals surface area contributed by atoms with E-state index in [1.54, 1.807) is 24.3 Å². The van der Waals surface area contributed by atoms with Gasteiger partial charge in [0, 0.05) is 12.6 Å². The summed E-state index contributed by atoms with van der Waals surface area (Å²) in [5.41, 5.74) is 7.79. The highest BCUT2D eigenvalue weighted by atomic mass is 16.6. The van der Waals surface area contributed by atoms with Crippen LogP contribution in [0, 0.1) is 13.8 Å². The maximum absolute atomic E-state index is 12.7. The first-order valence-electron chi connectivity index (χ1n) is 10.8. The Bertz CT molecular complexity index is 1240. The van der Waals surface area contributed by atoms with Gasteiger partial charge in [-0.05, 0) is 44.2 Å². The van der Waals surface area contributed by atoms with E-state index >= 15 is 0 Å². The summed E-state index contributed by atoms with van der Waals surface area (Å²) < 4.78 is 18.4. The van der Waals surface area contributed by atoms with Crippen LogP contribution in [0.25, 0.3) is 0 Å². The van der Waals surface area contributed by atoms with E-state index in [2.05, 4.69) is 4.98 Å². The van der Waals surface area contributed by atoms with Crippen molar-refractivity contribution in [1.82, 2.24) is 9.55 Å². The third-order valence-corrected chi connectivity index (χ3v) is 5.55. The maximum atomic E-state index is 12.7. The van der Waals surface area contributed by atoms with Crippen molar-refractivity contribution in [1.29, 1.82) is 0 Å². The quantitative estimate of drug-likeness (QED) is 0.550. The summed E-state index contributed by atoms with van der Waals surface area (Å²) in [4.78, 5) is 41.2. The van der Waals surface area contributed by atoms with E-state index in [1.807, 2.05) is 38.1 Å². The van der Waals surface area contributed by atoms with Crippen LogP contribution in [0.3, 0.4) is 0 Å². The lowest BCUT2D eigenvalue weighted by atomic mass is 10.1. The summed E-state index contributed by atoms with van der Waals surface area (Å²) in [6, 6.07) is 15.4. The molecule has 1 aliphatic rings. The Morgan fingerprint density at radius 1 is 1.00 bits per heavy atom. The van der Waals surface area contributed by atoms with Gasteiger partial charge in [0.25, 0.3) is 0 Å². The molecule has 34 heavy (non-hydrogen) atoms. The van der Waals surface area contributed by atoms with E-state index < -0.39 is 36.1 Å². The Hall–Kier alpha value is -3.98. The molecular formula is C25H25N3O6. The molecule has 9 heteroatoms. The lowest BCUT2D eigenvalue weighted by molar-refractivity contribution is -0.0582. The van der Waals surface area contributed by atoms with Gasteiger partial charge in [-0.25, -0.2) is 14.4 Å². The zero-order valence-corrected chi connectivity index (χ0v) is 18.8. The number of ether oxygens (including phenoxy) is 3. The molecule has 9 nitrogen and oxygen atoms in total. The van der Waals surface area contributed by atoms with Crippen LogP contribution in [0.1, 0.15) is 44.5 Å². The topological polar surface area (TPSA) is 123 Å². The molecule has 176 valence electrons. The van der Waals surface area contributed by atoms with Gasteiger partial charge in [0.15, 0.2) is 0 Å². The van der Waals surface area contributed by atoms with Crippen molar-refractivity contribution in [2.75, 3.05) is 12.3 Å². The van der Waals surface area contributed by atoms with Crippen molar-refractivity contribution >= 4 is 17.8 Å². The largest absolute Gasteiger partial charge is 0.459 e. The lowest BCUT2D eigenvalue weighted by Crippen LogP contribution is -2.32. The van der Waals surface area contributed by atoms with E-state index in [1.165, 1.54) is 16.8 Å². The molecule has 4 rings (SSSR count). The molecule has 2 N–H and O–H groups in total. The second kappa shape index (κ2) is 9.88. The highest BCUT2D eigenvalue weighted by Gasteiger charge is 2.40. The molecule has 1 fully saturated rings. The van der Waals surface area contributed by atoms with Crippen molar-refractivity contribution in [3.8, 4) is 0 Å². The minimum absolute atomic E-state index is 0.0881. The van der Waals surface area contributed by atoms with E-state index in [4.69, 9.17) is 19.9 Å². The number of nitrogens with two attached hydrogens (primary N) is 1.